The highest BCUT2D eigenvalue weighted by Crippen LogP contribution is 2.65. The maximum atomic E-state index is 11.8. The van der Waals surface area contributed by atoms with Crippen LogP contribution in [0.1, 0.15) is 6.42 Å². The topological polar surface area (TPSA) is 38.3 Å². The minimum absolute atomic E-state index is 0.0472. The van der Waals surface area contributed by atoms with Gasteiger partial charge in [0, 0.05) is 0 Å². The lowest BCUT2D eigenvalue weighted by atomic mass is 9.62. The molecule has 5 rings (SSSR count). The third-order valence-electron chi connectivity index (χ3n) is 5.28. The van der Waals surface area contributed by atoms with Gasteiger partial charge in [-0.1, -0.05) is 12.2 Å². The van der Waals surface area contributed by atoms with Crippen LogP contribution in [0.25, 0.3) is 0 Å². The molecule has 1 aliphatic heterocycles. The molecule has 2 bridgehead atoms. The first-order valence-electron chi connectivity index (χ1n) is 6.31. The second-order valence-electron chi connectivity index (χ2n) is 5.75. The number of nitrogens with one attached hydrogen (secondary N) is 1. The van der Waals surface area contributed by atoms with Crippen LogP contribution in [0.2, 0.25) is 0 Å². The molecule has 7 atom stereocenters. The Morgan fingerprint density at radius 1 is 1.25 bits per heavy atom. The molecule has 3 nitrogen and oxygen atoms in total. The number of esters is 1. The number of ether oxygens (including phenoxy) is 1. The van der Waals surface area contributed by atoms with Gasteiger partial charge in [-0.25, -0.2) is 0 Å². The first-order valence-corrected chi connectivity index (χ1v) is 6.31. The van der Waals surface area contributed by atoms with Crippen molar-refractivity contribution in [1.29, 1.82) is 0 Å². The van der Waals surface area contributed by atoms with Gasteiger partial charge in [0.05, 0.1) is 7.11 Å². The van der Waals surface area contributed by atoms with E-state index in [1.165, 1.54) is 13.5 Å². The van der Waals surface area contributed by atoms with Gasteiger partial charge in [0.2, 0.25) is 0 Å². The Bertz CT molecular complexity index is 378. The van der Waals surface area contributed by atoms with Gasteiger partial charge in [0.25, 0.3) is 0 Å². The molecule has 0 radical (unpaired) electrons. The second kappa shape index (κ2) is 2.89. The van der Waals surface area contributed by atoms with Crippen LogP contribution in [0.4, 0.5) is 0 Å². The van der Waals surface area contributed by atoms with E-state index in [0.29, 0.717) is 17.8 Å². The van der Waals surface area contributed by atoms with E-state index < -0.39 is 0 Å². The summed E-state index contributed by atoms with van der Waals surface area (Å²) in [7, 11) is 1.49. The third-order valence-corrected chi connectivity index (χ3v) is 5.28. The van der Waals surface area contributed by atoms with Crippen molar-refractivity contribution in [3.63, 3.8) is 0 Å². The summed E-state index contributed by atoms with van der Waals surface area (Å²) in [6.07, 6.45) is 6.19. The molecule has 0 amide bonds. The number of allylic oxidation sites excluding steroid dienone is 2. The highest BCUT2D eigenvalue weighted by atomic mass is 16.5. The van der Waals surface area contributed by atoms with Crippen LogP contribution in [0.5, 0.6) is 0 Å². The molecule has 16 heavy (non-hydrogen) atoms. The zero-order chi connectivity index (χ0) is 10.9. The number of rotatable bonds is 1. The van der Waals surface area contributed by atoms with Crippen molar-refractivity contribution in [3.8, 4) is 0 Å². The molecular weight excluding hydrogens is 202 g/mol. The number of carbonyl (C=O) groups is 1. The summed E-state index contributed by atoms with van der Waals surface area (Å²) >= 11 is 0. The number of methoxy groups -OCH3 is 1. The molecule has 2 saturated carbocycles. The van der Waals surface area contributed by atoms with Gasteiger partial charge in [-0.05, 0) is 48.5 Å². The predicted molar refractivity (Wildman–Crippen MR) is 58.5 cm³/mol. The normalized spacial score (nSPS) is 55.7. The van der Waals surface area contributed by atoms with Crippen molar-refractivity contribution in [2.75, 3.05) is 13.7 Å². The van der Waals surface area contributed by atoms with E-state index in [2.05, 4.69) is 17.5 Å². The fraction of sp³-hybridized carbons (Fsp3) is 0.769. The maximum Gasteiger partial charge on any atom is 0.323 e. The van der Waals surface area contributed by atoms with Gasteiger partial charge in [0.1, 0.15) is 6.04 Å². The first kappa shape index (κ1) is 9.23. The molecule has 4 aliphatic carbocycles. The molecule has 1 unspecified atom stereocenters. The molecule has 0 spiro atoms. The summed E-state index contributed by atoms with van der Waals surface area (Å²) in [6, 6.07) is -0.0472. The van der Waals surface area contributed by atoms with Crippen molar-refractivity contribution in [2.24, 2.45) is 35.5 Å². The monoisotopic (exact) mass is 219 g/mol. The minimum atomic E-state index is -0.0642. The van der Waals surface area contributed by atoms with Crippen LogP contribution in [0, 0.1) is 35.5 Å². The Hall–Kier alpha value is -0.830. The van der Waals surface area contributed by atoms with Gasteiger partial charge < -0.3 is 10.1 Å². The van der Waals surface area contributed by atoms with Crippen LogP contribution in [0.15, 0.2) is 12.2 Å². The summed E-state index contributed by atoms with van der Waals surface area (Å²) < 4.78 is 4.91. The fourth-order valence-corrected chi connectivity index (χ4v) is 4.59. The zero-order valence-corrected chi connectivity index (χ0v) is 9.43. The maximum absolute atomic E-state index is 11.8. The van der Waals surface area contributed by atoms with Crippen LogP contribution in [-0.4, -0.2) is 25.7 Å². The fourth-order valence-electron chi connectivity index (χ4n) is 4.59. The first-order chi connectivity index (χ1) is 7.81. The molecule has 1 heterocycles. The quantitative estimate of drug-likeness (QED) is 0.524. The number of hydrogen-bond acceptors (Lipinski definition) is 3. The summed E-state index contributed by atoms with van der Waals surface area (Å²) in [4.78, 5) is 11.8. The van der Waals surface area contributed by atoms with Crippen molar-refractivity contribution in [1.82, 2.24) is 5.32 Å². The lowest BCUT2D eigenvalue weighted by Crippen LogP contribution is -2.45. The lowest BCUT2D eigenvalue weighted by molar-refractivity contribution is -0.144. The molecule has 86 valence electrons. The molecule has 3 fully saturated rings. The Morgan fingerprint density at radius 2 is 2.00 bits per heavy atom. The van der Waals surface area contributed by atoms with Gasteiger partial charge in [-0.15, -0.1) is 0 Å². The molecule has 1 saturated heterocycles. The molecule has 0 aromatic carbocycles. The molecular formula is C13H17NO2. The summed E-state index contributed by atoms with van der Waals surface area (Å²) in [5, 5.41) is 3.38. The van der Waals surface area contributed by atoms with Crippen molar-refractivity contribution in [2.45, 2.75) is 12.5 Å². The van der Waals surface area contributed by atoms with Gasteiger partial charge >= 0.3 is 5.97 Å². The second-order valence-corrected chi connectivity index (χ2v) is 5.75. The van der Waals surface area contributed by atoms with E-state index in [9.17, 15) is 4.79 Å². The standard InChI is InChI=1S/C13H17NO2/c1-16-13(15)12-11-7-3-2-6(8-4-9(7)8)10(11)5-14-12/h2-3,6-12,14H,4-5H2,1H3/t6-,7+,8+,9-,10-,11+,12?/m1/s1. The zero-order valence-electron chi connectivity index (χ0n) is 9.43. The van der Waals surface area contributed by atoms with Gasteiger partial charge in [-0.3, -0.25) is 4.79 Å². The smallest absolute Gasteiger partial charge is 0.323 e. The molecule has 0 aromatic rings. The van der Waals surface area contributed by atoms with Crippen molar-refractivity contribution in [3.05, 3.63) is 12.2 Å². The minimum Gasteiger partial charge on any atom is -0.468 e. The Labute approximate surface area is 95.2 Å². The third kappa shape index (κ3) is 0.956. The van der Waals surface area contributed by atoms with Gasteiger partial charge in [-0.2, -0.15) is 0 Å². The van der Waals surface area contributed by atoms with E-state index >= 15 is 0 Å². The van der Waals surface area contributed by atoms with Crippen LogP contribution >= 0.6 is 0 Å². The van der Waals surface area contributed by atoms with E-state index in [0.717, 1.165) is 24.3 Å². The summed E-state index contributed by atoms with van der Waals surface area (Å²) in [5.41, 5.74) is 0. The van der Waals surface area contributed by atoms with Crippen LogP contribution in [0.3, 0.4) is 0 Å². The highest BCUT2D eigenvalue weighted by molar-refractivity contribution is 5.77. The molecule has 3 heteroatoms. The van der Waals surface area contributed by atoms with E-state index in [4.69, 9.17) is 4.74 Å². The summed E-state index contributed by atoms with van der Waals surface area (Å²) in [5.74, 6) is 4.32. The molecule has 1 N–H and O–H groups in total. The Morgan fingerprint density at radius 3 is 2.81 bits per heavy atom. The summed E-state index contributed by atoms with van der Waals surface area (Å²) in [6.45, 7) is 0.999. The van der Waals surface area contributed by atoms with Crippen LogP contribution < -0.4 is 5.32 Å². The Kier molecular flexibility index (Phi) is 1.67. The van der Waals surface area contributed by atoms with Crippen molar-refractivity contribution >= 4 is 5.97 Å². The van der Waals surface area contributed by atoms with E-state index in [1.807, 2.05) is 0 Å². The average molecular weight is 219 g/mol. The number of hydrogen-bond donors (Lipinski definition) is 1. The molecule has 5 aliphatic rings. The predicted octanol–water partition coefficient (Wildman–Crippen LogP) is 0.815. The van der Waals surface area contributed by atoms with Crippen LogP contribution in [-0.2, 0) is 9.53 Å². The Balaban J connectivity index is 1.69. The number of carbonyl (C=O) groups excluding carboxylic acids is 1. The average Bonchev–Trinajstić information content (AvgIpc) is 3.02. The van der Waals surface area contributed by atoms with Gasteiger partial charge in [0.15, 0.2) is 0 Å². The lowest BCUT2D eigenvalue weighted by Gasteiger charge is -2.41. The van der Waals surface area contributed by atoms with E-state index in [1.54, 1.807) is 0 Å². The largest absolute Gasteiger partial charge is 0.468 e. The highest BCUT2D eigenvalue weighted by Gasteiger charge is 2.63. The van der Waals surface area contributed by atoms with E-state index in [-0.39, 0.29) is 12.0 Å². The molecule has 0 aromatic heterocycles. The van der Waals surface area contributed by atoms with Crippen molar-refractivity contribution < 1.29 is 9.53 Å². The SMILES string of the molecule is COC(=O)C1NC[C@@H]2[C@@H]3C=C[C@@H]([C@H]4C[C@@H]34)[C@H]12.